The van der Waals surface area contributed by atoms with E-state index in [9.17, 15) is 0 Å². The smallest absolute Gasteiger partial charge is 0.119 e. The van der Waals surface area contributed by atoms with E-state index in [0.717, 1.165) is 38.5 Å². The molecular weight excluding hydrogens is 322 g/mol. The van der Waals surface area contributed by atoms with Crippen molar-refractivity contribution in [3.8, 4) is 5.75 Å². The van der Waals surface area contributed by atoms with Gasteiger partial charge in [-0.25, -0.2) is 0 Å². The first-order chi connectivity index (χ1) is 11.4. The number of nitrogens with zero attached hydrogens (tertiary/aromatic N) is 1. The van der Waals surface area contributed by atoms with Crippen LogP contribution in [0, 0.1) is 0 Å². The monoisotopic (exact) mass is 347 g/mol. The summed E-state index contributed by atoms with van der Waals surface area (Å²) in [5.74, 6) is 0.919. The van der Waals surface area contributed by atoms with Crippen molar-refractivity contribution < 1.29 is 9.47 Å². The van der Waals surface area contributed by atoms with Crippen molar-refractivity contribution in [2.45, 2.75) is 19.4 Å². The maximum absolute atomic E-state index is 5.77. The van der Waals surface area contributed by atoms with Gasteiger partial charge in [0.15, 0.2) is 0 Å². The Morgan fingerprint density at radius 1 is 0.875 bits per heavy atom. The van der Waals surface area contributed by atoms with Crippen LogP contribution in [0.25, 0.3) is 0 Å². The highest BCUT2D eigenvalue weighted by Gasteiger charge is 2.09. The molecule has 0 atom stereocenters. The lowest BCUT2D eigenvalue weighted by molar-refractivity contribution is 0.0375. The number of hydrogen-bond acceptors (Lipinski definition) is 3. The standard InChI is InChI=1S/C20H25NO2.ClH/c1-2-6-20(7-3-1)23-17-19-10-8-18(9-11-19)5-4-12-21-13-15-22-16-14-21;/h1-3,6-11H,4-5,12-17H2;1H. The molecule has 0 amide bonds. The number of morpholine rings is 1. The molecule has 24 heavy (non-hydrogen) atoms. The minimum atomic E-state index is 0. The Morgan fingerprint density at radius 3 is 2.25 bits per heavy atom. The van der Waals surface area contributed by atoms with Crippen LogP contribution in [-0.4, -0.2) is 37.7 Å². The number of halogens is 1. The first-order valence-electron chi connectivity index (χ1n) is 8.46. The van der Waals surface area contributed by atoms with Gasteiger partial charge in [-0.1, -0.05) is 42.5 Å². The van der Waals surface area contributed by atoms with Gasteiger partial charge in [-0.3, -0.25) is 4.90 Å². The molecule has 3 nitrogen and oxygen atoms in total. The van der Waals surface area contributed by atoms with E-state index < -0.39 is 0 Å². The summed E-state index contributed by atoms with van der Waals surface area (Å²) in [4.78, 5) is 2.49. The van der Waals surface area contributed by atoms with Crippen molar-refractivity contribution in [1.29, 1.82) is 0 Å². The van der Waals surface area contributed by atoms with E-state index in [0.29, 0.717) is 6.61 Å². The van der Waals surface area contributed by atoms with Gasteiger partial charge in [-0.05, 0) is 42.6 Å². The van der Waals surface area contributed by atoms with E-state index in [2.05, 4.69) is 29.2 Å². The molecule has 1 aliphatic heterocycles. The third kappa shape index (κ3) is 6.16. The maximum atomic E-state index is 5.77. The zero-order valence-corrected chi connectivity index (χ0v) is 14.8. The van der Waals surface area contributed by atoms with Gasteiger partial charge in [0.25, 0.3) is 0 Å². The number of ether oxygens (including phenoxy) is 2. The maximum Gasteiger partial charge on any atom is 0.119 e. The van der Waals surface area contributed by atoms with Crippen molar-refractivity contribution in [2.24, 2.45) is 0 Å². The number of hydrogen-bond donors (Lipinski definition) is 0. The summed E-state index contributed by atoms with van der Waals surface area (Å²) in [7, 11) is 0. The quantitative estimate of drug-likeness (QED) is 0.757. The van der Waals surface area contributed by atoms with Crippen LogP contribution < -0.4 is 4.74 Å². The largest absolute Gasteiger partial charge is 0.489 e. The summed E-state index contributed by atoms with van der Waals surface area (Å²) in [6.07, 6.45) is 2.34. The van der Waals surface area contributed by atoms with Gasteiger partial charge in [0.2, 0.25) is 0 Å². The SMILES string of the molecule is Cl.c1ccc(OCc2ccc(CCCN3CCOCC3)cc2)cc1. The Kier molecular flexibility index (Phi) is 8.10. The lowest BCUT2D eigenvalue weighted by Gasteiger charge is -2.26. The molecule has 1 saturated heterocycles. The highest BCUT2D eigenvalue weighted by atomic mass is 35.5. The van der Waals surface area contributed by atoms with Crippen LogP contribution in [0.2, 0.25) is 0 Å². The third-order valence-corrected chi connectivity index (χ3v) is 4.22. The third-order valence-electron chi connectivity index (χ3n) is 4.22. The lowest BCUT2D eigenvalue weighted by atomic mass is 10.1. The molecule has 1 heterocycles. The van der Waals surface area contributed by atoms with Gasteiger partial charge in [-0.2, -0.15) is 0 Å². The first-order valence-corrected chi connectivity index (χ1v) is 8.46. The van der Waals surface area contributed by atoms with Gasteiger partial charge >= 0.3 is 0 Å². The zero-order valence-electron chi connectivity index (χ0n) is 14.0. The van der Waals surface area contributed by atoms with Crippen molar-refractivity contribution in [3.05, 3.63) is 65.7 Å². The zero-order chi connectivity index (χ0) is 15.7. The van der Waals surface area contributed by atoms with Gasteiger partial charge in [0.1, 0.15) is 12.4 Å². The van der Waals surface area contributed by atoms with Crippen molar-refractivity contribution in [2.75, 3.05) is 32.8 Å². The molecule has 0 aliphatic carbocycles. The van der Waals surface area contributed by atoms with Crippen LogP contribution in [0.1, 0.15) is 17.5 Å². The molecule has 1 aliphatic rings. The van der Waals surface area contributed by atoms with E-state index in [4.69, 9.17) is 9.47 Å². The van der Waals surface area contributed by atoms with Crippen molar-refractivity contribution in [3.63, 3.8) is 0 Å². The van der Waals surface area contributed by atoms with E-state index in [1.807, 2.05) is 30.3 Å². The highest BCUT2D eigenvalue weighted by Crippen LogP contribution is 2.13. The van der Waals surface area contributed by atoms with Crippen LogP contribution in [0.15, 0.2) is 54.6 Å². The highest BCUT2D eigenvalue weighted by molar-refractivity contribution is 5.85. The number of para-hydroxylation sites is 1. The molecule has 0 aromatic heterocycles. The summed E-state index contributed by atoms with van der Waals surface area (Å²) < 4.78 is 11.2. The van der Waals surface area contributed by atoms with Crippen molar-refractivity contribution >= 4 is 12.4 Å². The Morgan fingerprint density at radius 2 is 1.54 bits per heavy atom. The minimum Gasteiger partial charge on any atom is -0.489 e. The molecular formula is C20H26ClNO2. The lowest BCUT2D eigenvalue weighted by Crippen LogP contribution is -2.36. The molecule has 130 valence electrons. The first kappa shape index (κ1) is 18.8. The molecule has 0 bridgehead atoms. The molecule has 0 unspecified atom stereocenters. The van der Waals surface area contributed by atoms with E-state index in [1.165, 1.54) is 24.1 Å². The predicted octanol–water partition coefficient (Wildman–Crippen LogP) is 3.95. The Balaban J connectivity index is 0.00000208. The summed E-state index contributed by atoms with van der Waals surface area (Å²) in [6, 6.07) is 18.8. The summed E-state index contributed by atoms with van der Waals surface area (Å²) in [5.41, 5.74) is 2.62. The number of benzene rings is 2. The minimum absolute atomic E-state index is 0. The molecule has 0 radical (unpaired) electrons. The summed E-state index contributed by atoms with van der Waals surface area (Å²) in [6.45, 7) is 5.72. The van der Waals surface area contributed by atoms with E-state index in [1.54, 1.807) is 0 Å². The molecule has 2 aromatic carbocycles. The molecule has 2 aromatic rings. The van der Waals surface area contributed by atoms with Gasteiger partial charge in [-0.15, -0.1) is 12.4 Å². The van der Waals surface area contributed by atoms with E-state index >= 15 is 0 Å². The molecule has 4 heteroatoms. The fourth-order valence-corrected chi connectivity index (χ4v) is 2.82. The van der Waals surface area contributed by atoms with Crippen LogP contribution >= 0.6 is 12.4 Å². The second-order valence-corrected chi connectivity index (χ2v) is 5.98. The molecule has 3 rings (SSSR count). The molecule has 0 N–H and O–H groups in total. The molecule has 0 spiro atoms. The van der Waals surface area contributed by atoms with Crippen LogP contribution in [0.4, 0.5) is 0 Å². The Bertz CT molecular complexity index is 568. The normalized spacial score (nSPS) is 14.8. The van der Waals surface area contributed by atoms with Crippen LogP contribution in [0.5, 0.6) is 5.75 Å². The fourth-order valence-electron chi connectivity index (χ4n) is 2.82. The summed E-state index contributed by atoms with van der Waals surface area (Å²) >= 11 is 0. The molecule has 0 saturated carbocycles. The van der Waals surface area contributed by atoms with Gasteiger partial charge < -0.3 is 9.47 Å². The molecule has 1 fully saturated rings. The topological polar surface area (TPSA) is 21.7 Å². The number of rotatable bonds is 7. The van der Waals surface area contributed by atoms with Gasteiger partial charge in [0.05, 0.1) is 13.2 Å². The second kappa shape index (κ2) is 10.3. The summed E-state index contributed by atoms with van der Waals surface area (Å²) in [5, 5.41) is 0. The Labute approximate surface area is 151 Å². The Hall–Kier alpha value is -1.55. The van der Waals surface area contributed by atoms with Crippen molar-refractivity contribution in [1.82, 2.24) is 4.90 Å². The number of aryl methyl sites for hydroxylation is 1. The van der Waals surface area contributed by atoms with E-state index in [-0.39, 0.29) is 12.4 Å². The van der Waals surface area contributed by atoms with Crippen LogP contribution in [-0.2, 0) is 17.8 Å². The fraction of sp³-hybridized carbons (Fsp3) is 0.400. The van der Waals surface area contributed by atoms with Crippen LogP contribution in [0.3, 0.4) is 0 Å². The van der Waals surface area contributed by atoms with Gasteiger partial charge in [0, 0.05) is 13.1 Å². The average Bonchev–Trinajstić information content (AvgIpc) is 2.63. The average molecular weight is 348 g/mol. The second-order valence-electron chi connectivity index (χ2n) is 5.98. The predicted molar refractivity (Wildman–Crippen MR) is 100 cm³/mol.